The van der Waals surface area contributed by atoms with Crippen LogP contribution >= 0.6 is 0 Å². The number of anilines is 1. The fraction of sp³-hybridized carbons (Fsp3) is 0.118. The van der Waals surface area contributed by atoms with Gasteiger partial charge in [-0.3, -0.25) is 14.4 Å². The van der Waals surface area contributed by atoms with E-state index in [4.69, 9.17) is 5.11 Å². The van der Waals surface area contributed by atoms with Crippen molar-refractivity contribution in [1.29, 1.82) is 0 Å². The highest BCUT2D eigenvalue weighted by Gasteiger charge is 2.36. The predicted octanol–water partition coefficient (Wildman–Crippen LogP) is 2.50. The second kappa shape index (κ2) is 5.44. The van der Waals surface area contributed by atoms with E-state index in [0.29, 0.717) is 23.2 Å². The molecule has 0 fully saturated rings. The molecule has 110 valence electrons. The normalized spacial score (nSPS) is 13.4. The number of carboxylic acids is 1. The van der Waals surface area contributed by atoms with Crippen LogP contribution in [0.3, 0.4) is 0 Å². The van der Waals surface area contributed by atoms with Gasteiger partial charge in [-0.05, 0) is 36.2 Å². The Morgan fingerprint density at radius 3 is 1.95 bits per heavy atom. The Balaban J connectivity index is 1.85. The van der Waals surface area contributed by atoms with Crippen molar-refractivity contribution >= 4 is 23.5 Å². The Kier molecular flexibility index (Phi) is 3.47. The third kappa shape index (κ3) is 2.37. The van der Waals surface area contributed by atoms with E-state index in [1.807, 2.05) is 0 Å². The van der Waals surface area contributed by atoms with Crippen molar-refractivity contribution in [3.8, 4) is 0 Å². The third-order valence-electron chi connectivity index (χ3n) is 3.62. The first kappa shape index (κ1) is 14.0. The summed E-state index contributed by atoms with van der Waals surface area (Å²) in [6.45, 7) is 0. The number of aryl methyl sites for hydroxylation is 1. The van der Waals surface area contributed by atoms with Crippen LogP contribution in [0, 0.1) is 0 Å². The summed E-state index contributed by atoms with van der Waals surface area (Å²) in [5.41, 5.74) is 2.15. The molecule has 2 aromatic rings. The number of hydrogen-bond acceptors (Lipinski definition) is 3. The number of benzene rings is 2. The minimum Gasteiger partial charge on any atom is -0.481 e. The molecule has 0 bridgehead atoms. The minimum atomic E-state index is -0.857. The van der Waals surface area contributed by atoms with Crippen molar-refractivity contribution in [3.63, 3.8) is 0 Å². The smallest absolute Gasteiger partial charge is 0.303 e. The lowest BCUT2D eigenvalue weighted by molar-refractivity contribution is -0.136. The van der Waals surface area contributed by atoms with E-state index in [1.165, 1.54) is 0 Å². The molecule has 0 spiro atoms. The molecule has 1 N–H and O–H groups in total. The standard InChI is InChI=1S/C17H13NO4/c19-15(20)10-7-11-5-8-12(9-6-11)18-16(21)13-3-1-2-4-14(13)17(18)22/h1-6,8-9H,7,10H2,(H,19,20). The molecule has 5 nitrogen and oxygen atoms in total. The number of carbonyl (C=O) groups excluding carboxylic acids is 2. The Labute approximate surface area is 126 Å². The van der Waals surface area contributed by atoms with Gasteiger partial charge in [0.1, 0.15) is 0 Å². The summed E-state index contributed by atoms with van der Waals surface area (Å²) in [5, 5.41) is 8.67. The fourth-order valence-corrected chi connectivity index (χ4v) is 2.49. The van der Waals surface area contributed by atoms with Crippen LogP contribution in [-0.2, 0) is 11.2 Å². The van der Waals surface area contributed by atoms with Crippen molar-refractivity contribution in [3.05, 3.63) is 65.2 Å². The van der Waals surface area contributed by atoms with Gasteiger partial charge in [0.05, 0.1) is 16.8 Å². The number of carboxylic acid groups (broad SMARTS) is 1. The van der Waals surface area contributed by atoms with Crippen molar-refractivity contribution in [2.75, 3.05) is 4.90 Å². The summed E-state index contributed by atoms with van der Waals surface area (Å²) in [6, 6.07) is 13.5. The quantitative estimate of drug-likeness (QED) is 0.879. The summed E-state index contributed by atoms with van der Waals surface area (Å²) in [4.78, 5) is 36.4. The number of aliphatic carboxylic acids is 1. The lowest BCUT2D eigenvalue weighted by atomic mass is 10.1. The summed E-state index contributed by atoms with van der Waals surface area (Å²) >= 11 is 0. The number of nitrogens with zero attached hydrogens (tertiary/aromatic N) is 1. The van der Waals surface area contributed by atoms with Crippen LogP contribution in [0.15, 0.2) is 48.5 Å². The number of amides is 2. The van der Waals surface area contributed by atoms with Crippen LogP contribution in [0.25, 0.3) is 0 Å². The molecule has 1 heterocycles. The summed E-state index contributed by atoms with van der Waals surface area (Å²) < 4.78 is 0. The fourth-order valence-electron chi connectivity index (χ4n) is 2.49. The predicted molar refractivity (Wildman–Crippen MR) is 80.0 cm³/mol. The maximum absolute atomic E-state index is 12.3. The number of rotatable bonds is 4. The van der Waals surface area contributed by atoms with Gasteiger partial charge in [0, 0.05) is 6.42 Å². The lowest BCUT2D eigenvalue weighted by Gasteiger charge is -2.14. The molecule has 0 atom stereocenters. The van der Waals surface area contributed by atoms with Gasteiger partial charge in [-0.2, -0.15) is 0 Å². The largest absolute Gasteiger partial charge is 0.481 e. The van der Waals surface area contributed by atoms with E-state index < -0.39 is 5.97 Å². The van der Waals surface area contributed by atoms with Crippen LogP contribution in [0.4, 0.5) is 5.69 Å². The molecule has 0 saturated heterocycles. The monoisotopic (exact) mass is 295 g/mol. The molecule has 3 rings (SSSR count). The van der Waals surface area contributed by atoms with Crippen LogP contribution < -0.4 is 4.90 Å². The zero-order valence-corrected chi connectivity index (χ0v) is 11.7. The molecule has 0 unspecified atom stereocenters. The zero-order valence-electron chi connectivity index (χ0n) is 11.7. The number of fused-ring (bicyclic) bond motifs is 1. The summed E-state index contributed by atoms with van der Waals surface area (Å²) in [5.74, 6) is -1.53. The first-order valence-corrected chi connectivity index (χ1v) is 6.86. The molecule has 2 amide bonds. The third-order valence-corrected chi connectivity index (χ3v) is 3.62. The van der Waals surface area contributed by atoms with E-state index >= 15 is 0 Å². The average Bonchev–Trinajstić information content (AvgIpc) is 2.78. The van der Waals surface area contributed by atoms with Gasteiger partial charge in [0.15, 0.2) is 0 Å². The average molecular weight is 295 g/mol. The first-order chi connectivity index (χ1) is 10.6. The Hall–Kier alpha value is -2.95. The zero-order chi connectivity index (χ0) is 15.7. The Bertz CT molecular complexity index is 729. The highest BCUT2D eigenvalue weighted by molar-refractivity contribution is 6.34. The molecule has 0 aromatic heterocycles. The molecule has 0 aliphatic carbocycles. The van der Waals surface area contributed by atoms with E-state index in [1.54, 1.807) is 48.5 Å². The lowest BCUT2D eigenvalue weighted by Crippen LogP contribution is -2.29. The van der Waals surface area contributed by atoms with Crippen LogP contribution in [0.5, 0.6) is 0 Å². The molecule has 1 aliphatic heterocycles. The molecule has 5 heteroatoms. The van der Waals surface area contributed by atoms with E-state index in [2.05, 4.69) is 0 Å². The van der Waals surface area contributed by atoms with Gasteiger partial charge in [0.25, 0.3) is 11.8 Å². The summed E-state index contributed by atoms with van der Waals surface area (Å²) in [7, 11) is 0. The van der Waals surface area contributed by atoms with Crippen molar-refractivity contribution < 1.29 is 19.5 Å². The topological polar surface area (TPSA) is 74.7 Å². The molecular formula is C17H13NO4. The molecule has 2 aromatic carbocycles. The Morgan fingerprint density at radius 2 is 1.45 bits per heavy atom. The van der Waals surface area contributed by atoms with Crippen LogP contribution in [0.1, 0.15) is 32.7 Å². The number of imide groups is 1. The van der Waals surface area contributed by atoms with Gasteiger partial charge in [-0.15, -0.1) is 0 Å². The second-order valence-electron chi connectivity index (χ2n) is 5.05. The van der Waals surface area contributed by atoms with Gasteiger partial charge >= 0.3 is 5.97 Å². The molecule has 22 heavy (non-hydrogen) atoms. The Morgan fingerprint density at radius 1 is 0.909 bits per heavy atom. The van der Waals surface area contributed by atoms with Crippen molar-refractivity contribution in [2.24, 2.45) is 0 Å². The maximum Gasteiger partial charge on any atom is 0.303 e. The van der Waals surface area contributed by atoms with Gasteiger partial charge in [-0.25, -0.2) is 4.90 Å². The van der Waals surface area contributed by atoms with E-state index in [9.17, 15) is 14.4 Å². The maximum atomic E-state index is 12.3. The van der Waals surface area contributed by atoms with Crippen LogP contribution in [-0.4, -0.2) is 22.9 Å². The van der Waals surface area contributed by atoms with Gasteiger partial charge in [0.2, 0.25) is 0 Å². The molecule has 0 radical (unpaired) electrons. The van der Waals surface area contributed by atoms with Gasteiger partial charge < -0.3 is 5.11 Å². The minimum absolute atomic E-state index is 0.0480. The SMILES string of the molecule is O=C(O)CCc1ccc(N2C(=O)c3ccccc3C2=O)cc1. The van der Waals surface area contributed by atoms with E-state index in [-0.39, 0.29) is 18.2 Å². The van der Waals surface area contributed by atoms with Gasteiger partial charge in [-0.1, -0.05) is 24.3 Å². The number of carbonyl (C=O) groups is 3. The summed E-state index contributed by atoms with van der Waals surface area (Å²) in [6.07, 6.45) is 0.462. The van der Waals surface area contributed by atoms with Crippen molar-refractivity contribution in [1.82, 2.24) is 0 Å². The molecule has 0 saturated carbocycles. The number of hydrogen-bond donors (Lipinski definition) is 1. The highest BCUT2D eigenvalue weighted by atomic mass is 16.4. The molecular weight excluding hydrogens is 282 g/mol. The molecule has 1 aliphatic rings. The van der Waals surface area contributed by atoms with E-state index in [0.717, 1.165) is 10.5 Å². The van der Waals surface area contributed by atoms with Crippen LogP contribution in [0.2, 0.25) is 0 Å². The van der Waals surface area contributed by atoms with Crippen molar-refractivity contribution in [2.45, 2.75) is 12.8 Å². The highest BCUT2D eigenvalue weighted by Crippen LogP contribution is 2.28. The second-order valence-corrected chi connectivity index (χ2v) is 5.05. The first-order valence-electron chi connectivity index (χ1n) is 6.86.